The summed E-state index contributed by atoms with van der Waals surface area (Å²) >= 11 is 0. The third-order valence-electron chi connectivity index (χ3n) is 14.4. The predicted molar refractivity (Wildman–Crippen MR) is 321 cm³/mol. The van der Waals surface area contributed by atoms with Gasteiger partial charge < -0.3 is 48.9 Å². The molecule has 2 amide bonds. The number of hydrogen-bond acceptors (Lipinski definition) is 12. The van der Waals surface area contributed by atoms with E-state index in [1.807, 2.05) is 59.3 Å². The summed E-state index contributed by atoms with van der Waals surface area (Å²) in [4.78, 5) is 99.2. The van der Waals surface area contributed by atoms with Crippen molar-refractivity contribution in [3.8, 4) is 22.5 Å². The van der Waals surface area contributed by atoms with E-state index in [4.69, 9.17) is 30.4 Å². The molecule has 5 aromatic heterocycles. The van der Waals surface area contributed by atoms with Crippen molar-refractivity contribution >= 4 is 51.7 Å². The number of fused-ring (bicyclic) bond motifs is 3. The molecule has 1 aliphatic rings. The number of aromatic nitrogens is 6. The number of carbonyl (C=O) groups is 5. The van der Waals surface area contributed by atoms with E-state index >= 15 is 0 Å². The van der Waals surface area contributed by atoms with Gasteiger partial charge in [0.1, 0.15) is 17.1 Å². The van der Waals surface area contributed by atoms with Gasteiger partial charge in [-0.2, -0.15) is 0 Å². The number of carboxylic acid groups (broad SMARTS) is 2. The van der Waals surface area contributed by atoms with E-state index < -0.39 is 29.8 Å². The Kier molecular flexibility index (Phi) is 21.0. The molecule has 4 aromatic carbocycles. The zero-order valence-electron chi connectivity index (χ0n) is 48.7. The normalized spacial score (nSPS) is 13.1. The van der Waals surface area contributed by atoms with Crippen LogP contribution in [0.3, 0.4) is 0 Å². The molecule has 0 saturated carbocycles. The van der Waals surface area contributed by atoms with E-state index in [0.29, 0.717) is 55.2 Å². The van der Waals surface area contributed by atoms with Crippen molar-refractivity contribution in [3.63, 3.8) is 0 Å². The number of carbonyl (C=O) groups excluding carboxylic acids is 3. The number of piperidine rings is 1. The average Bonchev–Trinajstić information content (AvgIpc) is 4.28. The van der Waals surface area contributed by atoms with Gasteiger partial charge in [0.2, 0.25) is 11.8 Å². The zero-order chi connectivity index (χ0) is 61.8. The first-order chi connectivity index (χ1) is 40.4. The molecule has 0 spiro atoms. The maximum absolute atomic E-state index is 13.0. The third kappa shape index (κ3) is 16.0. The molecule has 21 heteroatoms. The number of H-pyrrole nitrogens is 1. The molecule has 2 unspecified atom stereocenters. The average molecular weight is 1160 g/mol. The summed E-state index contributed by atoms with van der Waals surface area (Å²) in [7, 11) is 7.12. The number of nitrogens with zero attached hydrogens (tertiary/aromatic N) is 8. The fraction of sp³-hybridized carbons (Fsp3) is 0.297. The number of likely N-dealkylation sites (N-methyl/N-ethyl adjacent to an activating group) is 2. The quantitative estimate of drug-likeness (QED) is 0.0702. The maximum Gasteiger partial charge on any atom is 0.335 e. The number of Topliss-reactive ketones (excluding diaryl/α,β-unsaturated/α-hetero) is 1. The van der Waals surface area contributed by atoms with Crippen LogP contribution in [0.25, 0.3) is 44.7 Å². The summed E-state index contributed by atoms with van der Waals surface area (Å²) in [5.41, 5.74) is 12.5. The van der Waals surface area contributed by atoms with Crippen molar-refractivity contribution in [3.05, 3.63) is 200 Å². The van der Waals surface area contributed by atoms with Crippen LogP contribution in [-0.2, 0) is 38.6 Å². The highest BCUT2D eigenvalue weighted by Crippen LogP contribution is 2.28. The highest BCUT2D eigenvalue weighted by molar-refractivity contribution is 5.98. The number of aliphatic hydroxyl groups excluding tert-OH is 2. The highest BCUT2D eigenvalue weighted by Gasteiger charge is 2.30. The molecule has 85 heavy (non-hydrogen) atoms. The number of aryl methyl sites for hydroxylation is 4. The first-order valence-electron chi connectivity index (χ1n) is 27.5. The topological polar surface area (TPSA) is 265 Å². The van der Waals surface area contributed by atoms with Crippen molar-refractivity contribution in [2.45, 2.75) is 72.1 Å². The van der Waals surface area contributed by atoms with Crippen LogP contribution in [0, 0.1) is 39.4 Å². The Balaban J connectivity index is 0.000000170. The lowest BCUT2D eigenvalue weighted by atomic mass is 9.89. The molecule has 0 bridgehead atoms. The van der Waals surface area contributed by atoms with Crippen LogP contribution in [0.1, 0.15) is 56.8 Å². The first kappa shape index (κ1) is 63.1. The number of amides is 2. The first-order valence-corrected chi connectivity index (χ1v) is 27.5. The molecule has 444 valence electrons. The second-order valence-electron chi connectivity index (χ2n) is 21.3. The van der Waals surface area contributed by atoms with Gasteiger partial charge in [-0.15, -0.1) is 0 Å². The molecule has 0 aliphatic carbocycles. The van der Waals surface area contributed by atoms with Crippen LogP contribution in [0.5, 0.6) is 0 Å². The van der Waals surface area contributed by atoms with E-state index in [-0.39, 0.29) is 34.9 Å². The number of rotatable bonds is 14. The van der Waals surface area contributed by atoms with Crippen LogP contribution in [-0.4, -0.2) is 153 Å². The van der Waals surface area contributed by atoms with Crippen molar-refractivity contribution < 1.29 is 48.8 Å². The molecule has 2 atom stereocenters. The summed E-state index contributed by atoms with van der Waals surface area (Å²) in [5, 5.41) is 33.0. The van der Waals surface area contributed by atoms with E-state index in [1.54, 1.807) is 62.3 Å². The Bertz CT molecular complexity index is 3810. The van der Waals surface area contributed by atoms with Gasteiger partial charge >= 0.3 is 17.6 Å². The van der Waals surface area contributed by atoms with E-state index in [1.165, 1.54) is 40.0 Å². The number of halogens is 1. The minimum absolute atomic E-state index is 0.0480. The summed E-state index contributed by atoms with van der Waals surface area (Å²) in [5.74, 6) is -3.78. The van der Waals surface area contributed by atoms with Gasteiger partial charge in [0, 0.05) is 76.3 Å². The van der Waals surface area contributed by atoms with Crippen molar-refractivity contribution in [2.75, 3.05) is 47.8 Å². The number of pyridine rings is 2. The van der Waals surface area contributed by atoms with Gasteiger partial charge in [-0.1, -0.05) is 83.9 Å². The Hall–Kier alpha value is -9.44. The minimum atomic E-state index is -2.27. The predicted octanol–water partition coefficient (Wildman–Crippen LogP) is 6.80. The molecule has 6 heterocycles. The van der Waals surface area contributed by atoms with Gasteiger partial charge in [-0.05, 0) is 113 Å². The zero-order valence-corrected chi connectivity index (χ0v) is 48.7. The van der Waals surface area contributed by atoms with Gasteiger partial charge in [0.05, 0.1) is 46.5 Å². The van der Waals surface area contributed by atoms with E-state index in [9.17, 15) is 38.0 Å². The van der Waals surface area contributed by atoms with Gasteiger partial charge in [0.25, 0.3) is 5.56 Å². The number of aromatic amines is 1. The number of aliphatic carboxylic acids is 2. The highest BCUT2D eigenvalue weighted by atomic mass is 19.1. The van der Waals surface area contributed by atoms with Gasteiger partial charge in [0.15, 0.2) is 18.0 Å². The number of para-hydroxylation sites is 1. The molecule has 10 rings (SSSR count). The molecule has 1 aliphatic heterocycles. The number of benzene rings is 4. The van der Waals surface area contributed by atoms with E-state index in [2.05, 4.69) is 72.3 Å². The van der Waals surface area contributed by atoms with Crippen molar-refractivity contribution in [1.82, 2.24) is 43.0 Å². The van der Waals surface area contributed by atoms with Gasteiger partial charge in [-0.25, -0.2) is 28.7 Å². The molecular formula is C64H70FN9O11. The molecule has 0 radical (unpaired) electrons. The number of carboxylic acids is 2. The lowest BCUT2D eigenvalue weighted by molar-refractivity contribution is -0.165. The summed E-state index contributed by atoms with van der Waals surface area (Å²) in [6.45, 7) is 10.5. The van der Waals surface area contributed by atoms with Gasteiger partial charge in [-0.3, -0.25) is 23.7 Å². The molecule has 5 N–H and O–H groups in total. The Morgan fingerprint density at radius 2 is 1.04 bits per heavy atom. The fourth-order valence-electron chi connectivity index (χ4n) is 9.41. The lowest BCUT2D eigenvalue weighted by Gasteiger charge is -2.31. The Morgan fingerprint density at radius 1 is 0.600 bits per heavy atom. The van der Waals surface area contributed by atoms with Crippen LogP contribution >= 0.6 is 0 Å². The monoisotopic (exact) mass is 1160 g/mol. The molecular weight excluding hydrogens is 1090 g/mol. The largest absolute Gasteiger partial charge is 0.479 e. The van der Waals surface area contributed by atoms with Crippen LogP contribution in [0.4, 0.5) is 4.39 Å². The van der Waals surface area contributed by atoms with Crippen molar-refractivity contribution in [2.24, 2.45) is 5.92 Å². The Morgan fingerprint density at radius 3 is 1.47 bits per heavy atom. The fourth-order valence-corrected chi connectivity index (χ4v) is 9.41. The lowest BCUT2D eigenvalue weighted by Crippen LogP contribution is -2.42. The smallest absolute Gasteiger partial charge is 0.335 e. The number of ketones is 1. The summed E-state index contributed by atoms with van der Waals surface area (Å²) in [6.07, 6.45) is 1.63. The second kappa shape index (κ2) is 28.2. The van der Waals surface area contributed by atoms with E-state index in [0.717, 1.165) is 69.4 Å². The van der Waals surface area contributed by atoms with Crippen LogP contribution < -0.4 is 11.2 Å². The molecule has 1 fully saturated rings. The number of nitrogens with one attached hydrogen (secondary N) is 1. The SMILES string of the molecule is Cc1ccc(-c2nc3ccc(C)cn3c2CC(=O)N(C)C)cc1.Cc1ccc(-c2nc3ccc(C)cn3c2CC(=O)N(C)C)cc1.O=C(O)C(O)C(O)C(=O)O.O=C(c1ccc(F)cc1)C1CCN(CCn2c(=O)[nH]c3ccccc3c2=O)CC1. The third-order valence-corrected chi connectivity index (χ3v) is 14.4. The summed E-state index contributed by atoms with van der Waals surface area (Å²) in [6, 6.07) is 37.3. The number of hydrogen-bond donors (Lipinski definition) is 5. The maximum atomic E-state index is 13.0. The second-order valence-corrected chi connectivity index (χ2v) is 21.3. The number of aliphatic hydroxyl groups is 2. The molecule has 20 nitrogen and oxygen atoms in total. The molecule has 1 saturated heterocycles. The minimum Gasteiger partial charge on any atom is -0.479 e. The Labute approximate surface area is 489 Å². The number of imidazole rings is 2. The van der Waals surface area contributed by atoms with Crippen LogP contribution in [0.15, 0.2) is 143 Å². The van der Waals surface area contributed by atoms with Crippen LogP contribution in [0.2, 0.25) is 0 Å². The number of likely N-dealkylation sites (tertiary alicyclic amines) is 1. The van der Waals surface area contributed by atoms with Crippen molar-refractivity contribution in [1.29, 1.82) is 0 Å². The molecule has 9 aromatic rings. The summed E-state index contributed by atoms with van der Waals surface area (Å²) < 4.78 is 18.3. The standard InChI is InChI=1S/C22H22FN3O3.2C19H21N3O.C4H6O6/c23-17-7-5-15(6-8-17)20(27)16-9-11-25(12-10-16)13-14-26-21(28)18-3-1-2-4-19(18)24-22(26)29;2*1-13-5-8-15(9-6-13)19-16(11-18(23)21(3)4)22-12-14(2)7-10-17(22)20-19;5-1(3(7)8)2(6)4(9)10/h1-8,16H,9-14H2,(H,24,29);2*5-10,12H,11H2,1-4H3;1-2,5-6H,(H,7,8)(H,9,10).